The van der Waals surface area contributed by atoms with Crippen LogP contribution in [0.3, 0.4) is 0 Å². The number of nitrogens with one attached hydrogen (secondary N) is 1. The van der Waals surface area contributed by atoms with Gasteiger partial charge in [0.1, 0.15) is 0 Å². The predicted molar refractivity (Wildman–Crippen MR) is 112 cm³/mol. The van der Waals surface area contributed by atoms with E-state index in [9.17, 15) is 35.9 Å². The Morgan fingerprint density at radius 2 is 1.69 bits per heavy atom. The van der Waals surface area contributed by atoms with Crippen LogP contribution in [-0.2, 0) is 21.9 Å². The SMILES string of the molecule is CN1C(=O)c2ccccc2C(C(=O)NCC2CCCO2)C1c1cc(C(F)(F)F)cc(C(F)(F)F)c1. The van der Waals surface area contributed by atoms with Crippen molar-refractivity contribution in [2.45, 2.75) is 43.3 Å². The van der Waals surface area contributed by atoms with Gasteiger partial charge >= 0.3 is 12.4 Å². The normalized spacial score (nSPS) is 22.8. The van der Waals surface area contributed by atoms with Crippen molar-refractivity contribution in [3.05, 3.63) is 70.3 Å². The van der Waals surface area contributed by atoms with Crippen molar-refractivity contribution in [1.82, 2.24) is 10.2 Å². The average molecular weight is 500 g/mol. The lowest BCUT2D eigenvalue weighted by molar-refractivity contribution is -0.143. The van der Waals surface area contributed by atoms with E-state index < -0.39 is 52.8 Å². The number of ether oxygens (including phenoxy) is 1. The maximum Gasteiger partial charge on any atom is 0.416 e. The van der Waals surface area contributed by atoms with E-state index in [-0.39, 0.29) is 29.8 Å². The summed E-state index contributed by atoms with van der Waals surface area (Å²) in [5, 5.41) is 2.71. The molecule has 0 bridgehead atoms. The first-order valence-electron chi connectivity index (χ1n) is 10.9. The first kappa shape index (κ1) is 25.0. The summed E-state index contributed by atoms with van der Waals surface area (Å²) >= 11 is 0. The summed E-state index contributed by atoms with van der Waals surface area (Å²) in [5.74, 6) is -2.47. The average Bonchev–Trinajstić information content (AvgIpc) is 3.32. The zero-order chi connectivity index (χ0) is 25.5. The Kier molecular flexibility index (Phi) is 6.56. The van der Waals surface area contributed by atoms with E-state index in [4.69, 9.17) is 4.74 Å². The molecule has 4 rings (SSSR count). The molecule has 2 aromatic rings. The maximum absolute atomic E-state index is 13.5. The van der Waals surface area contributed by atoms with Crippen molar-refractivity contribution in [2.75, 3.05) is 20.2 Å². The summed E-state index contributed by atoms with van der Waals surface area (Å²) in [6.07, 6.45) is -8.84. The van der Waals surface area contributed by atoms with Gasteiger partial charge in [0.2, 0.25) is 5.91 Å². The number of carbonyl (C=O) groups is 2. The monoisotopic (exact) mass is 500 g/mol. The quantitative estimate of drug-likeness (QED) is 0.606. The van der Waals surface area contributed by atoms with Gasteiger partial charge in [-0.1, -0.05) is 18.2 Å². The molecule has 2 heterocycles. The molecule has 188 valence electrons. The van der Waals surface area contributed by atoms with E-state index in [0.717, 1.165) is 11.3 Å². The molecular formula is C24H22F6N2O3. The molecule has 1 saturated heterocycles. The summed E-state index contributed by atoms with van der Waals surface area (Å²) < 4.78 is 86.6. The molecule has 0 saturated carbocycles. The highest BCUT2D eigenvalue weighted by Crippen LogP contribution is 2.45. The van der Waals surface area contributed by atoms with Crippen molar-refractivity contribution in [2.24, 2.45) is 0 Å². The highest BCUT2D eigenvalue weighted by Gasteiger charge is 2.45. The second kappa shape index (κ2) is 9.18. The van der Waals surface area contributed by atoms with Gasteiger partial charge in [-0.3, -0.25) is 9.59 Å². The number of nitrogens with zero attached hydrogens (tertiary/aromatic N) is 1. The number of carbonyl (C=O) groups excluding carboxylic acids is 2. The number of halogens is 6. The summed E-state index contributed by atoms with van der Waals surface area (Å²) in [4.78, 5) is 27.4. The number of fused-ring (bicyclic) bond motifs is 1. The van der Waals surface area contributed by atoms with Crippen LogP contribution in [0.5, 0.6) is 0 Å². The summed E-state index contributed by atoms with van der Waals surface area (Å²) in [7, 11) is 1.26. The maximum atomic E-state index is 13.5. The minimum atomic E-state index is -5.07. The van der Waals surface area contributed by atoms with Gasteiger partial charge in [-0.05, 0) is 48.2 Å². The number of rotatable bonds is 4. The van der Waals surface area contributed by atoms with Crippen molar-refractivity contribution >= 4 is 11.8 Å². The van der Waals surface area contributed by atoms with Crippen LogP contribution in [0.4, 0.5) is 26.3 Å². The van der Waals surface area contributed by atoms with E-state index >= 15 is 0 Å². The third kappa shape index (κ3) is 5.00. The molecule has 5 nitrogen and oxygen atoms in total. The number of hydrogen-bond donors (Lipinski definition) is 1. The van der Waals surface area contributed by atoms with Crippen LogP contribution in [0.25, 0.3) is 0 Å². The van der Waals surface area contributed by atoms with Gasteiger partial charge in [0.25, 0.3) is 5.91 Å². The van der Waals surface area contributed by atoms with Gasteiger partial charge in [0.15, 0.2) is 0 Å². The van der Waals surface area contributed by atoms with Crippen LogP contribution >= 0.6 is 0 Å². The molecule has 3 unspecified atom stereocenters. The van der Waals surface area contributed by atoms with Crippen LogP contribution in [0.1, 0.15) is 57.4 Å². The topological polar surface area (TPSA) is 58.6 Å². The fraction of sp³-hybridized carbons (Fsp3) is 0.417. The molecule has 0 aromatic heterocycles. The molecule has 0 radical (unpaired) electrons. The molecule has 3 atom stereocenters. The van der Waals surface area contributed by atoms with Crippen LogP contribution < -0.4 is 5.32 Å². The molecule has 1 fully saturated rings. The minimum absolute atomic E-state index is 0.0224. The number of benzene rings is 2. The van der Waals surface area contributed by atoms with Crippen molar-refractivity contribution in [3.63, 3.8) is 0 Å². The molecule has 0 spiro atoms. The highest BCUT2D eigenvalue weighted by molar-refractivity contribution is 6.01. The van der Waals surface area contributed by atoms with Crippen molar-refractivity contribution in [1.29, 1.82) is 0 Å². The number of likely N-dealkylation sites (N-methyl/N-ethyl adjacent to an activating group) is 1. The number of alkyl halides is 6. The third-order valence-electron chi connectivity index (χ3n) is 6.34. The number of hydrogen-bond acceptors (Lipinski definition) is 3. The van der Waals surface area contributed by atoms with Crippen LogP contribution in [0.15, 0.2) is 42.5 Å². The Morgan fingerprint density at radius 3 is 2.26 bits per heavy atom. The molecule has 11 heteroatoms. The van der Waals surface area contributed by atoms with Gasteiger partial charge in [0.05, 0.1) is 29.2 Å². The number of amides is 2. The van der Waals surface area contributed by atoms with Crippen molar-refractivity contribution < 1.29 is 40.7 Å². The van der Waals surface area contributed by atoms with Gasteiger partial charge in [-0.25, -0.2) is 0 Å². The van der Waals surface area contributed by atoms with Crippen LogP contribution in [0.2, 0.25) is 0 Å². The Morgan fingerprint density at radius 1 is 1.06 bits per heavy atom. The van der Waals surface area contributed by atoms with E-state index in [1.165, 1.54) is 19.2 Å². The lowest BCUT2D eigenvalue weighted by atomic mass is 9.78. The molecule has 2 aromatic carbocycles. The summed E-state index contributed by atoms with van der Waals surface area (Å²) in [6, 6.07) is 5.84. The van der Waals surface area contributed by atoms with Crippen LogP contribution in [0, 0.1) is 0 Å². The third-order valence-corrected chi connectivity index (χ3v) is 6.34. The zero-order valence-corrected chi connectivity index (χ0v) is 18.5. The van der Waals surface area contributed by atoms with Gasteiger partial charge in [-0.2, -0.15) is 26.3 Å². The van der Waals surface area contributed by atoms with Gasteiger partial charge in [-0.15, -0.1) is 0 Å². The second-order valence-corrected chi connectivity index (χ2v) is 8.65. The Bertz CT molecular complexity index is 1090. The zero-order valence-electron chi connectivity index (χ0n) is 18.5. The molecule has 2 amide bonds. The Balaban J connectivity index is 1.83. The Hall–Kier alpha value is -3.08. The minimum Gasteiger partial charge on any atom is -0.376 e. The fourth-order valence-electron chi connectivity index (χ4n) is 4.65. The molecular weight excluding hydrogens is 478 g/mol. The first-order chi connectivity index (χ1) is 16.4. The highest BCUT2D eigenvalue weighted by atomic mass is 19.4. The molecule has 2 aliphatic heterocycles. The summed E-state index contributed by atoms with van der Waals surface area (Å²) in [6.45, 7) is 0.676. The Labute approximate surface area is 197 Å². The van der Waals surface area contributed by atoms with Gasteiger partial charge in [0, 0.05) is 25.8 Å². The molecule has 2 aliphatic rings. The molecule has 1 N–H and O–H groups in total. The molecule has 0 aliphatic carbocycles. The molecule has 35 heavy (non-hydrogen) atoms. The van der Waals surface area contributed by atoms with E-state index in [0.29, 0.717) is 25.2 Å². The lowest BCUT2D eigenvalue weighted by Crippen LogP contribution is -2.46. The van der Waals surface area contributed by atoms with Gasteiger partial charge < -0.3 is 15.0 Å². The lowest BCUT2D eigenvalue weighted by Gasteiger charge is -2.40. The van der Waals surface area contributed by atoms with E-state index in [1.54, 1.807) is 12.1 Å². The second-order valence-electron chi connectivity index (χ2n) is 8.65. The standard InChI is InChI=1S/C24H22F6N2O3/c1-32-20(13-9-14(23(25,26)27)11-15(10-13)24(28,29)30)19(17-6-2-3-7-18(17)22(32)34)21(33)31-12-16-5-4-8-35-16/h2-3,6-7,9-11,16,19-20H,4-5,8,12H2,1H3,(H,31,33). The van der Waals surface area contributed by atoms with E-state index in [2.05, 4.69) is 5.32 Å². The first-order valence-corrected chi connectivity index (χ1v) is 10.9. The smallest absolute Gasteiger partial charge is 0.376 e. The fourth-order valence-corrected chi connectivity index (χ4v) is 4.65. The predicted octanol–water partition coefficient (Wildman–Crippen LogP) is 4.93. The van der Waals surface area contributed by atoms with Crippen molar-refractivity contribution in [3.8, 4) is 0 Å². The summed E-state index contributed by atoms with van der Waals surface area (Å²) in [5.41, 5.74) is -3.07. The van der Waals surface area contributed by atoms with Crippen LogP contribution in [-0.4, -0.2) is 43.0 Å². The largest absolute Gasteiger partial charge is 0.416 e. The van der Waals surface area contributed by atoms with E-state index in [1.807, 2.05) is 0 Å².